The first kappa shape index (κ1) is 35.0. The number of rotatable bonds is 16. The van der Waals surface area contributed by atoms with Gasteiger partial charge in [-0.3, -0.25) is 4.68 Å². The Morgan fingerprint density at radius 1 is 0.978 bits per heavy atom. The quantitative estimate of drug-likeness (QED) is 0.149. The molecule has 11 nitrogen and oxygen atoms in total. The fraction of sp³-hybridized carbons (Fsp3) is 0.452. The van der Waals surface area contributed by atoms with Crippen LogP contribution < -0.4 is 13.3 Å². The maximum absolute atomic E-state index is 15.1. The minimum Gasteiger partial charge on any atom is -0.493 e. The van der Waals surface area contributed by atoms with Gasteiger partial charge in [-0.1, -0.05) is 26.0 Å². The molecule has 250 valence electrons. The van der Waals surface area contributed by atoms with E-state index in [2.05, 4.69) is 47.0 Å². The van der Waals surface area contributed by atoms with Crippen molar-refractivity contribution in [1.29, 1.82) is 0 Å². The number of hydrogen-bond donors (Lipinski definition) is 0. The van der Waals surface area contributed by atoms with E-state index < -0.39 is 48.9 Å². The van der Waals surface area contributed by atoms with Crippen LogP contribution in [0.25, 0.3) is 11.1 Å². The number of ether oxygens (including phenoxy) is 1. The molecule has 4 rings (SSSR count). The van der Waals surface area contributed by atoms with Gasteiger partial charge in [0.1, 0.15) is 11.4 Å². The van der Waals surface area contributed by atoms with Crippen LogP contribution in [0.3, 0.4) is 0 Å². The summed E-state index contributed by atoms with van der Waals surface area (Å²) < 4.78 is 88.0. The second-order valence-corrected chi connectivity index (χ2v) is 15.6. The summed E-state index contributed by atoms with van der Waals surface area (Å²) in [5, 5.41) is 4.41. The van der Waals surface area contributed by atoms with Crippen LogP contribution in [0.15, 0.2) is 62.2 Å². The van der Waals surface area contributed by atoms with Gasteiger partial charge in [0.2, 0.25) is 5.95 Å². The van der Waals surface area contributed by atoms with Gasteiger partial charge in [0.05, 0.1) is 24.3 Å². The van der Waals surface area contributed by atoms with Crippen LogP contribution in [0.1, 0.15) is 39.5 Å². The molecule has 0 aliphatic carbocycles. The standard InChI is InChI=1S/C31H40F2N6O5S2/c1-5-14-45(40,41)39(46(42,43)15-6-2)30-28(32)16-27(17-29(30)33)44-13-7-8-24-9-11-37(12-10-24)31-34-18-25(19-35-31)26-20-36-38(22-26)21-23(3)4/h5-6,16-20,22-24H,1-2,7-15,21H2,3-4H3. The molecular formula is C31H40F2N6O5S2. The zero-order valence-corrected chi connectivity index (χ0v) is 27.7. The molecule has 0 saturated carbocycles. The van der Waals surface area contributed by atoms with Gasteiger partial charge in [-0.05, 0) is 37.5 Å². The average Bonchev–Trinajstić information content (AvgIpc) is 3.45. The minimum atomic E-state index is -4.69. The van der Waals surface area contributed by atoms with Crippen LogP contribution in [0.4, 0.5) is 20.4 Å². The summed E-state index contributed by atoms with van der Waals surface area (Å²) in [6.45, 7) is 13.5. The molecule has 0 spiro atoms. The maximum Gasteiger partial charge on any atom is 0.252 e. The van der Waals surface area contributed by atoms with Gasteiger partial charge in [-0.2, -0.15) is 8.81 Å². The summed E-state index contributed by atoms with van der Waals surface area (Å²) in [5.41, 5.74) is 0.666. The second kappa shape index (κ2) is 15.2. The molecule has 0 unspecified atom stereocenters. The van der Waals surface area contributed by atoms with Crippen molar-refractivity contribution >= 4 is 31.7 Å². The van der Waals surface area contributed by atoms with Gasteiger partial charge in [-0.15, -0.1) is 13.2 Å². The molecule has 3 heterocycles. The fourth-order valence-electron chi connectivity index (χ4n) is 5.29. The van der Waals surface area contributed by atoms with E-state index in [1.807, 2.05) is 29.5 Å². The van der Waals surface area contributed by atoms with Crippen LogP contribution in [-0.4, -0.2) is 67.8 Å². The van der Waals surface area contributed by atoms with Crippen LogP contribution in [0.5, 0.6) is 5.75 Å². The summed E-state index contributed by atoms with van der Waals surface area (Å²) in [6.07, 6.45) is 12.6. The van der Waals surface area contributed by atoms with E-state index in [-0.39, 0.29) is 16.1 Å². The van der Waals surface area contributed by atoms with E-state index in [0.29, 0.717) is 24.2 Å². The number of anilines is 2. The molecule has 0 N–H and O–H groups in total. The number of hydrogen-bond acceptors (Lipinski definition) is 9. The highest BCUT2D eigenvalue weighted by Crippen LogP contribution is 2.33. The molecule has 1 aromatic carbocycles. The summed E-state index contributed by atoms with van der Waals surface area (Å²) in [6, 6.07) is 1.56. The molecular weight excluding hydrogens is 639 g/mol. The number of piperidine rings is 1. The van der Waals surface area contributed by atoms with E-state index >= 15 is 8.78 Å². The molecule has 1 aliphatic heterocycles. The molecule has 2 aromatic heterocycles. The average molecular weight is 679 g/mol. The molecule has 0 bridgehead atoms. The first-order chi connectivity index (χ1) is 21.8. The highest BCUT2D eigenvalue weighted by molar-refractivity contribution is 8.10. The summed E-state index contributed by atoms with van der Waals surface area (Å²) in [4.78, 5) is 11.3. The van der Waals surface area contributed by atoms with Gasteiger partial charge in [0, 0.05) is 61.5 Å². The van der Waals surface area contributed by atoms with Crippen LogP contribution >= 0.6 is 0 Å². The Kier molecular flexibility index (Phi) is 11.5. The van der Waals surface area contributed by atoms with Crippen molar-refractivity contribution in [2.75, 3.05) is 39.8 Å². The third-order valence-corrected chi connectivity index (χ3v) is 11.5. The second-order valence-electron chi connectivity index (χ2n) is 11.6. The molecule has 3 aromatic rings. The van der Waals surface area contributed by atoms with Crippen molar-refractivity contribution in [3.8, 4) is 16.9 Å². The van der Waals surface area contributed by atoms with Crippen molar-refractivity contribution < 1.29 is 30.4 Å². The Morgan fingerprint density at radius 2 is 1.57 bits per heavy atom. The lowest BCUT2D eigenvalue weighted by Gasteiger charge is -2.32. The zero-order chi connectivity index (χ0) is 33.5. The number of halogens is 2. The molecule has 0 atom stereocenters. The smallest absolute Gasteiger partial charge is 0.252 e. The van der Waals surface area contributed by atoms with E-state index in [1.165, 1.54) is 0 Å². The van der Waals surface area contributed by atoms with Crippen molar-refractivity contribution in [3.05, 3.63) is 73.9 Å². The highest BCUT2D eigenvalue weighted by Gasteiger charge is 2.37. The number of nitrogens with zero attached hydrogens (tertiary/aromatic N) is 6. The number of aromatic nitrogens is 4. The number of sulfonamides is 2. The molecule has 1 aliphatic rings. The first-order valence-corrected chi connectivity index (χ1v) is 18.3. The Hall–Kier alpha value is -3.85. The number of benzene rings is 1. The van der Waals surface area contributed by atoms with E-state index in [4.69, 9.17) is 4.74 Å². The van der Waals surface area contributed by atoms with Gasteiger partial charge >= 0.3 is 0 Å². The normalized spacial score (nSPS) is 14.4. The van der Waals surface area contributed by atoms with Gasteiger partial charge in [-0.25, -0.2) is 35.6 Å². The van der Waals surface area contributed by atoms with Gasteiger partial charge in [0.25, 0.3) is 20.0 Å². The van der Waals surface area contributed by atoms with E-state index in [0.717, 1.165) is 74.3 Å². The van der Waals surface area contributed by atoms with E-state index in [9.17, 15) is 16.8 Å². The summed E-state index contributed by atoms with van der Waals surface area (Å²) >= 11 is 0. The van der Waals surface area contributed by atoms with Gasteiger partial charge < -0.3 is 9.64 Å². The van der Waals surface area contributed by atoms with Crippen LogP contribution in [-0.2, 0) is 26.6 Å². The van der Waals surface area contributed by atoms with Crippen molar-refractivity contribution in [2.24, 2.45) is 11.8 Å². The Bertz CT molecular complexity index is 1660. The Balaban J connectivity index is 1.28. The molecule has 0 amide bonds. The van der Waals surface area contributed by atoms with Crippen LogP contribution in [0, 0.1) is 23.5 Å². The molecule has 46 heavy (non-hydrogen) atoms. The maximum atomic E-state index is 15.1. The van der Waals surface area contributed by atoms with Crippen molar-refractivity contribution in [1.82, 2.24) is 19.7 Å². The lowest BCUT2D eigenvalue weighted by molar-refractivity contribution is 0.277. The topological polar surface area (TPSA) is 128 Å². The SMILES string of the molecule is C=CCS(=O)(=O)N(c1c(F)cc(OCCCC2CCN(c3ncc(-c4cnn(CC(C)C)c4)cn3)CC2)cc1F)S(=O)(=O)CC=C. The predicted octanol–water partition coefficient (Wildman–Crippen LogP) is 5.19. The zero-order valence-electron chi connectivity index (χ0n) is 26.1. The van der Waals surface area contributed by atoms with E-state index in [1.54, 1.807) is 0 Å². The molecule has 15 heteroatoms. The monoisotopic (exact) mass is 678 g/mol. The fourth-order valence-corrected chi connectivity index (χ4v) is 8.81. The lowest BCUT2D eigenvalue weighted by Crippen LogP contribution is -2.40. The molecule has 0 radical (unpaired) electrons. The summed E-state index contributed by atoms with van der Waals surface area (Å²) in [5.74, 6) is -3.03. The Labute approximate surface area is 269 Å². The highest BCUT2D eigenvalue weighted by atomic mass is 32.3. The lowest BCUT2D eigenvalue weighted by atomic mass is 9.92. The first-order valence-electron chi connectivity index (χ1n) is 15.0. The largest absolute Gasteiger partial charge is 0.493 e. The van der Waals surface area contributed by atoms with Gasteiger partial charge in [0.15, 0.2) is 11.6 Å². The minimum absolute atomic E-state index is 0.171. The third-order valence-electron chi connectivity index (χ3n) is 7.42. The predicted molar refractivity (Wildman–Crippen MR) is 175 cm³/mol. The summed E-state index contributed by atoms with van der Waals surface area (Å²) in [7, 11) is -9.38. The Morgan fingerprint density at radius 3 is 2.11 bits per heavy atom. The van der Waals surface area contributed by atoms with Crippen molar-refractivity contribution in [3.63, 3.8) is 0 Å². The van der Waals surface area contributed by atoms with Crippen LogP contribution in [0.2, 0.25) is 0 Å². The molecule has 1 saturated heterocycles. The molecule has 1 fully saturated rings. The van der Waals surface area contributed by atoms with Crippen molar-refractivity contribution in [2.45, 2.75) is 46.1 Å². The third kappa shape index (κ3) is 8.69.